The number of rotatable bonds is 3. The minimum absolute atomic E-state index is 0.875. The Morgan fingerprint density at radius 2 is 1.79 bits per heavy atom. The average molecular weight is 254 g/mol. The summed E-state index contributed by atoms with van der Waals surface area (Å²) in [6.45, 7) is 2.05. The third-order valence-corrected chi connectivity index (χ3v) is 3.47. The van der Waals surface area contributed by atoms with Gasteiger partial charge in [-0.1, -0.05) is 6.07 Å². The molecular formula is C16H18N2O. The molecule has 0 atom stereocenters. The van der Waals surface area contributed by atoms with E-state index >= 15 is 0 Å². The second kappa shape index (κ2) is 5.33. The molecule has 0 radical (unpaired) electrons. The van der Waals surface area contributed by atoms with Gasteiger partial charge in [0.05, 0.1) is 7.11 Å². The van der Waals surface area contributed by atoms with Gasteiger partial charge in [-0.25, -0.2) is 0 Å². The molecule has 3 heteroatoms. The summed E-state index contributed by atoms with van der Waals surface area (Å²) in [4.78, 5) is 0. The largest absolute Gasteiger partial charge is 0.497 e. The molecule has 2 aromatic carbocycles. The summed E-state index contributed by atoms with van der Waals surface area (Å²) in [5, 5.41) is 6.82. The van der Waals surface area contributed by atoms with Crippen LogP contribution in [0.2, 0.25) is 0 Å². The van der Waals surface area contributed by atoms with Gasteiger partial charge in [0.15, 0.2) is 0 Å². The second-order valence-electron chi connectivity index (χ2n) is 4.76. The van der Waals surface area contributed by atoms with Crippen molar-refractivity contribution in [1.82, 2.24) is 5.32 Å². The third-order valence-electron chi connectivity index (χ3n) is 3.47. The zero-order valence-electron chi connectivity index (χ0n) is 11.1. The Hall–Kier alpha value is -2.00. The predicted molar refractivity (Wildman–Crippen MR) is 78.1 cm³/mol. The van der Waals surface area contributed by atoms with Crippen molar-refractivity contribution in [3.8, 4) is 5.75 Å². The third kappa shape index (κ3) is 2.71. The lowest BCUT2D eigenvalue weighted by Crippen LogP contribution is -2.23. The van der Waals surface area contributed by atoms with Crippen LogP contribution in [0.1, 0.15) is 11.1 Å². The molecule has 2 N–H and O–H groups in total. The van der Waals surface area contributed by atoms with Gasteiger partial charge in [-0.15, -0.1) is 0 Å². The summed E-state index contributed by atoms with van der Waals surface area (Å²) in [5.41, 5.74) is 5.06. The maximum atomic E-state index is 5.16. The van der Waals surface area contributed by atoms with Crippen molar-refractivity contribution in [3.63, 3.8) is 0 Å². The van der Waals surface area contributed by atoms with Crippen molar-refractivity contribution in [1.29, 1.82) is 0 Å². The van der Waals surface area contributed by atoms with Gasteiger partial charge in [0.25, 0.3) is 0 Å². The molecule has 98 valence electrons. The lowest BCUT2D eigenvalue weighted by molar-refractivity contribution is 0.415. The Balaban J connectivity index is 1.78. The number of benzene rings is 2. The van der Waals surface area contributed by atoms with E-state index in [1.807, 2.05) is 24.3 Å². The molecule has 1 aliphatic heterocycles. The van der Waals surface area contributed by atoms with Crippen LogP contribution in [0.15, 0.2) is 42.5 Å². The quantitative estimate of drug-likeness (QED) is 0.883. The first-order valence-corrected chi connectivity index (χ1v) is 6.59. The van der Waals surface area contributed by atoms with Crippen molar-refractivity contribution in [2.75, 3.05) is 19.0 Å². The minimum Gasteiger partial charge on any atom is -0.497 e. The summed E-state index contributed by atoms with van der Waals surface area (Å²) >= 11 is 0. The van der Waals surface area contributed by atoms with Crippen LogP contribution in [0, 0.1) is 0 Å². The number of anilines is 2. The van der Waals surface area contributed by atoms with Crippen molar-refractivity contribution in [3.05, 3.63) is 53.6 Å². The Morgan fingerprint density at radius 1 is 1.00 bits per heavy atom. The standard InChI is InChI=1S/C16H18N2O/c1-19-16-6-4-14(5-7-16)18-15-3-2-12-8-9-17-11-13(12)10-15/h2-7,10,17-18H,8-9,11H2,1H3. The Bertz CT molecular complexity index is 563. The monoisotopic (exact) mass is 254 g/mol. The van der Waals surface area contributed by atoms with Crippen molar-refractivity contribution in [2.45, 2.75) is 13.0 Å². The maximum Gasteiger partial charge on any atom is 0.119 e. The van der Waals surface area contributed by atoms with Gasteiger partial charge in [0.2, 0.25) is 0 Å². The number of hydrogen-bond donors (Lipinski definition) is 2. The molecule has 0 aliphatic carbocycles. The van der Waals surface area contributed by atoms with E-state index in [4.69, 9.17) is 4.74 Å². The summed E-state index contributed by atoms with van der Waals surface area (Å²) in [6.07, 6.45) is 1.12. The number of fused-ring (bicyclic) bond motifs is 1. The lowest BCUT2D eigenvalue weighted by atomic mass is 10.0. The highest BCUT2D eigenvalue weighted by Crippen LogP contribution is 2.23. The molecule has 0 aromatic heterocycles. The number of nitrogens with one attached hydrogen (secondary N) is 2. The molecule has 0 bridgehead atoms. The van der Waals surface area contributed by atoms with Crippen molar-refractivity contribution in [2.24, 2.45) is 0 Å². The Kier molecular flexibility index (Phi) is 3.38. The number of ether oxygens (including phenoxy) is 1. The fourth-order valence-corrected chi connectivity index (χ4v) is 2.40. The van der Waals surface area contributed by atoms with Gasteiger partial charge in [-0.05, 0) is 60.5 Å². The molecule has 3 nitrogen and oxygen atoms in total. The Morgan fingerprint density at radius 3 is 2.58 bits per heavy atom. The second-order valence-corrected chi connectivity index (χ2v) is 4.76. The SMILES string of the molecule is COc1ccc(Nc2ccc3c(c2)CNCC3)cc1. The van der Waals surface area contributed by atoms with Crippen LogP contribution in [0.25, 0.3) is 0 Å². The summed E-state index contributed by atoms with van der Waals surface area (Å²) in [7, 11) is 1.68. The predicted octanol–water partition coefficient (Wildman–Crippen LogP) is 3.08. The molecule has 0 amide bonds. The first-order valence-electron chi connectivity index (χ1n) is 6.59. The Labute approximate surface area is 113 Å². The molecule has 0 unspecified atom stereocenters. The van der Waals surface area contributed by atoms with E-state index in [-0.39, 0.29) is 0 Å². The molecule has 0 spiro atoms. The highest BCUT2D eigenvalue weighted by atomic mass is 16.5. The van der Waals surface area contributed by atoms with E-state index in [9.17, 15) is 0 Å². The van der Waals surface area contributed by atoms with Crippen LogP contribution < -0.4 is 15.4 Å². The maximum absolute atomic E-state index is 5.16. The fourth-order valence-electron chi connectivity index (χ4n) is 2.40. The van der Waals surface area contributed by atoms with Crippen LogP contribution >= 0.6 is 0 Å². The van der Waals surface area contributed by atoms with E-state index < -0.39 is 0 Å². The highest BCUT2D eigenvalue weighted by molar-refractivity contribution is 5.62. The molecule has 1 heterocycles. The van der Waals surface area contributed by atoms with Crippen molar-refractivity contribution < 1.29 is 4.74 Å². The van der Waals surface area contributed by atoms with Gasteiger partial charge in [-0.2, -0.15) is 0 Å². The average Bonchev–Trinajstić information content (AvgIpc) is 2.48. The molecule has 2 aromatic rings. The van der Waals surface area contributed by atoms with E-state index in [0.29, 0.717) is 0 Å². The van der Waals surface area contributed by atoms with Gasteiger partial charge < -0.3 is 15.4 Å². The number of hydrogen-bond acceptors (Lipinski definition) is 3. The topological polar surface area (TPSA) is 33.3 Å². The summed E-state index contributed by atoms with van der Waals surface area (Å²) in [6, 6.07) is 14.6. The zero-order valence-corrected chi connectivity index (χ0v) is 11.1. The highest BCUT2D eigenvalue weighted by Gasteiger charge is 2.08. The van der Waals surface area contributed by atoms with E-state index in [0.717, 1.165) is 36.6 Å². The van der Waals surface area contributed by atoms with Crippen LogP contribution in [0.5, 0.6) is 5.75 Å². The van der Waals surface area contributed by atoms with Crippen LogP contribution in [-0.2, 0) is 13.0 Å². The molecule has 0 fully saturated rings. The zero-order chi connectivity index (χ0) is 13.1. The van der Waals surface area contributed by atoms with Crippen LogP contribution in [-0.4, -0.2) is 13.7 Å². The van der Waals surface area contributed by atoms with Gasteiger partial charge >= 0.3 is 0 Å². The van der Waals surface area contributed by atoms with Gasteiger partial charge in [0.1, 0.15) is 5.75 Å². The molecule has 1 aliphatic rings. The smallest absolute Gasteiger partial charge is 0.119 e. The van der Waals surface area contributed by atoms with Gasteiger partial charge in [0, 0.05) is 17.9 Å². The molecular weight excluding hydrogens is 236 g/mol. The first-order chi connectivity index (χ1) is 9.35. The van der Waals surface area contributed by atoms with Gasteiger partial charge in [-0.3, -0.25) is 0 Å². The first kappa shape index (κ1) is 12.1. The van der Waals surface area contributed by atoms with Crippen molar-refractivity contribution >= 4 is 11.4 Å². The summed E-state index contributed by atoms with van der Waals surface area (Å²) in [5.74, 6) is 0.875. The van der Waals surface area contributed by atoms with E-state index in [1.54, 1.807) is 7.11 Å². The molecule has 0 saturated heterocycles. The molecule has 3 rings (SSSR count). The molecule has 0 saturated carbocycles. The van der Waals surface area contributed by atoms with E-state index in [1.165, 1.54) is 11.1 Å². The minimum atomic E-state index is 0.875. The summed E-state index contributed by atoms with van der Waals surface area (Å²) < 4.78 is 5.16. The fraction of sp³-hybridized carbons (Fsp3) is 0.250. The van der Waals surface area contributed by atoms with Crippen LogP contribution in [0.3, 0.4) is 0 Å². The lowest BCUT2D eigenvalue weighted by Gasteiger charge is -2.18. The van der Waals surface area contributed by atoms with E-state index in [2.05, 4.69) is 28.8 Å². The molecule has 19 heavy (non-hydrogen) atoms. The number of methoxy groups -OCH3 is 1. The van der Waals surface area contributed by atoms with Crippen LogP contribution in [0.4, 0.5) is 11.4 Å². The normalized spacial score (nSPS) is 13.7.